The third-order valence-electron chi connectivity index (χ3n) is 5.01. The van der Waals surface area contributed by atoms with Crippen LogP contribution in [0.25, 0.3) is 0 Å². The molecule has 0 aliphatic carbocycles. The van der Waals surface area contributed by atoms with Gasteiger partial charge in [0.1, 0.15) is 17.2 Å². The lowest BCUT2D eigenvalue weighted by Gasteiger charge is -2.37. The SMILES string of the molecule is O=C1NC2(CCN(Cc3ccc(F)cc3)CC2)N=C1c1ccc(Cl)cc1. The summed E-state index contributed by atoms with van der Waals surface area (Å²) in [4.78, 5) is 19.5. The average Bonchev–Trinajstić information content (AvgIpc) is 2.96. The number of amides is 1. The number of hydrogen-bond acceptors (Lipinski definition) is 3. The fourth-order valence-electron chi connectivity index (χ4n) is 3.53. The molecule has 2 aliphatic rings. The maximum Gasteiger partial charge on any atom is 0.272 e. The largest absolute Gasteiger partial charge is 0.326 e. The summed E-state index contributed by atoms with van der Waals surface area (Å²) in [6, 6.07) is 13.8. The molecule has 4 rings (SSSR count). The van der Waals surface area contributed by atoms with E-state index in [9.17, 15) is 9.18 Å². The van der Waals surface area contributed by atoms with E-state index in [0.717, 1.165) is 43.6 Å². The fourth-order valence-corrected chi connectivity index (χ4v) is 3.66. The molecule has 6 heteroatoms. The number of likely N-dealkylation sites (tertiary alicyclic amines) is 1. The van der Waals surface area contributed by atoms with Crippen LogP contribution in [0.5, 0.6) is 0 Å². The highest BCUT2D eigenvalue weighted by atomic mass is 35.5. The molecule has 1 saturated heterocycles. The third-order valence-corrected chi connectivity index (χ3v) is 5.26. The van der Waals surface area contributed by atoms with Crippen LogP contribution in [-0.2, 0) is 11.3 Å². The molecule has 0 atom stereocenters. The van der Waals surface area contributed by atoms with Crippen LogP contribution in [-0.4, -0.2) is 35.3 Å². The van der Waals surface area contributed by atoms with E-state index < -0.39 is 5.66 Å². The summed E-state index contributed by atoms with van der Waals surface area (Å²) in [5, 5.41) is 3.71. The molecule has 134 valence electrons. The number of carbonyl (C=O) groups excluding carboxylic acids is 1. The Balaban J connectivity index is 1.44. The summed E-state index contributed by atoms with van der Waals surface area (Å²) >= 11 is 5.92. The molecule has 1 spiro atoms. The van der Waals surface area contributed by atoms with Crippen molar-refractivity contribution in [2.24, 2.45) is 4.99 Å². The maximum atomic E-state index is 13.0. The topological polar surface area (TPSA) is 44.7 Å². The van der Waals surface area contributed by atoms with Crippen molar-refractivity contribution in [2.45, 2.75) is 25.0 Å². The third kappa shape index (κ3) is 3.50. The first-order chi connectivity index (χ1) is 12.5. The van der Waals surface area contributed by atoms with Gasteiger partial charge in [-0.3, -0.25) is 14.7 Å². The van der Waals surface area contributed by atoms with Gasteiger partial charge < -0.3 is 5.32 Å². The van der Waals surface area contributed by atoms with Crippen molar-refractivity contribution in [1.82, 2.24) is 10.2 Å². The summed E-state index contributed by atoms with van der Waals surface area (Å²) in [6.07, 6.45) is 1.52. The molecule has 2 aromatic rings. The van der Waals surface area contributed by atoms with E-state index in [1.807, 2.05) is 24.3 Å². The van der Waals surface area contributed by atoms with Gasteiger partial charge in [-0.2, -0.15) is 0 Å². The van der Waals surface area contributed by atoms with Gasteiger partial charge in [-0.25, -0.2) is 4.39 Å². The molecule has 0 aromatic heterocycles. The van der Waals surface area contributed by atoms with Crippen LogP contribution in [0.1, 0.15) is 24.0 Å². The number of rotatable bonds is 3. The molecule has 0 bridgehead atoms. The molecule has 26 heavy (non-hydrogen) atoms. The lowest BCUT2D eigenvalue weighted by molar-refractivity contribution is -0.115. The van der Waals surface area contributed by atoms with Crippen molar-refractivity contribution in [3.05, 3.63) is 70.5 Å². The molecule has 2 heterocycles. The van der Waals surface area contributed by atoms with Gasteiger partial charge >= 0.3 is 0 Å². The van der Waals surface area contributed by atoms with Crippen molar-refractivity contribution >= 4 is 23.2 Å². The standard InChI is InChI=1S/C20H19ClFN3O/c21-16-5-3-15(4-6-16)18-19(26)24-20(23-18)9-11-25(12-10-20)13-14-1-7-17(22)8-2-14/h1-8H,9-13H2,(H,24,26). The second-order valence-corrected chi connectivity index (χ2v) is 7.29. The lowest BCUT2D eigenvalue weighted by atomic mass is 9.97. The zero-order chi connectivity index (χ0) is 18.1. The van der Waals surface area contributed by atoms with E-state index in [0.29, 0.717) is 10.7 Å². The molecule has 1 amide bonds. The zero-order valence-corrected chi connectivity index (χ0v) is 15.0. The molecule has 2 aliphatic heterocycles. The monoisotopic (exact) mass is 371 g/mol. The number of hydrogen-bond donors (Lipinski definition) is 1. The predicted octanol–water partition coefficient (Wildman–Crippen LogP) is 3.39. The Kier molecular flexibility index (Phi) is 4.51. The van der Waals surface area contributed by atoms with Crippen LogP contribution in [0.2, 0.25) is 5.02 Å². The van der Waals surface area contributed by atoms with Gasteiger partial charge in [0.2, 0.25) is 0 Å². The maximum absolute atomic E-state index is 13.0. The van der Waals surface area contributed by atoms with E-state index in [4.69, 9.17) is 16.6 Å². The molecular weight excluding hydrogens is 353 g/mol. The Morgan fingerprint density at radius 1 is 1.08 bits per heavy atom. The first kappa shape index (κ1) is 17.2. The molecule has 4 nitrogen and oxygen atoms in total. The van der Waals surface area contributed by atoms with Crippen LogP contribution in [0.15, 0.2) is 53.5 Å². The minimum absolute atomic E-state index is 0.126. The van der Waals surface area contributed by atoms with Crippen LogP contribution in [0.4, 0.5) is 4.39 Å². The number of aliphatic imine (C=N–C) groups is 1. The van der Waals surface area contributed by atoms with E-state index in [-0.39, 0.29) is 11.7 Å². The van der Waals surface area contributed by atoms with Crippen molar-refractivity contribution in [3.8, 4) is 0 Å². The first-order valence-electron chi connectivity index (χ1n) is 8.68. The highest BCUT2D eigenvalue weighted by Gasteiger charge is 2.41. The van der Waals surface area contributed by atoms with Crippen molar-refractivity contribution < 1.29 is 9.18 Å². The van der Waals surface area contributed by atoms with E-state index in [2.05, 4.69) is 10.2 Å². The van der Waals surface area contributed by atoms with Crippen LogP contribution in [0, 0.1) is 5.82 Å². The second kappa shape index (κ2) is 6.82. The molecule has 0 radical (unpaired) electrons. The fraction of sp³-hybridized carbons (Fsp3) is 0.300. The first-order valence-corrected chi connectivity index (χ1v) is 9.06. The second-order valence-electron chi connectivity index (χ2n) is 6.86. The van der Waals surface area contributed by atoms with Gasteiger partial charge in [0.25, 0.3) is 5.91 Å². The van der Waals surface area contributed by atoms with Crippen LogP contribution >= 0.6 is 11.6 Å². The zero-order valence-electron chi connectivity index (χ0n) is 14.2. The Labute approximate surface area is 156 Å². The van der Waals surface area contributed by atoms with Gasteiger partial charge in [-0.05, 0) is 29.8 Å². The van der Waals surface area contributed by atoms with Crippen molar-refractivity contribution in [1.29, 1.82) is 0 Å². The number of carbonyl (C=O) groups is 1. The van der Waals surface area contributed by atoms with E-state index in [1.54, 1.807) is 12.1 Å². The van der Waals surface area contributed by atoms with E-state index in [1.165, 1.54) is 12.1 Å². The Bertz CT molecular complexity index is 840. The summed E-state index contributed by atoms with van der Waals surface area (Å²) in [5.41, 5.74) is 1.85. The van der Waals surface area contributed by atoms with Gasteiger partial charge in [-0.1, -0.05) is 35.9 Å². The normalized spacial score (nSPS) is 19.5. The van der Waals surface area contributed by atoms with Gasteiger partial charge in [0.05, 0.1) is 0 Å². The molecule has 0 unspecified atom stereocenters. The number of benzene rings is 2. The summed E-state index contributed by atoms with van der Waals surface area (Å²) in [7, 11) is 0. The Morgan fingerprint density at radius 2 is 1.73 bits per heavy atom. The van der Waals surface area contributed by atoms with Crippen LogP contribution < -0.4 is 5.32 Å². The number of halogens is 2. The number of piperidine rings is 1. The molecular formula is C20H19ClFN3O. The molecule has 1 N–H and O–H groups in total. The van der Waals surface area contributed by atoms with Gasteiger partial charge in [-0.15, -0.1) is 0 Å². The highest BCUT2D eigenvalue weighted by Crippen LogP contribution is 2.29. The van der Waals surface area contributed by atoms with Crippen LogP contribution in [0.3, 0.4) is 0 Å². The van der Waals surface area contributed by atoms with Gasteiger partial charge in [0.15, 0.2) is 0 Å². The lowest BCUT2D eigenvalue weighted by Crippen LogP contribution is -2.50. The average molecular weight is 372 g/mol. The smallest absolute Gasteiger partial charge is 0.272 e. The number of nitrogens with one attached hydrogen (secondary N) is 1. The molecule has 1 fully saturated rings. The molecule has 0 saturated carbocycles. The highest BCUT2D eigenvalue weighted by molar-refractivity contribution is 6.47. The van der Waals surface area contributed by atoms with Crippen molar-refractivity contribution in [2.75, 3.05) is 13.1 Å². The Morgan fingerprint density at radius 3 is 2.38 bits per heavy atom. The Hall–Kier alpha value is -2.24. The predicted molar refractivity (Wildman–Crippen MR) is 99.8 cm³/mol. The molecule has 2 aromatic carbocycles. The summed E-state index contributed by atoms with van der Waals surface area (Å²) in [6.45, 7) is 2.43. The van der Waals surface area contributed by atoms with Crippen molar-refractivity contribution in [3.63, 3.8) is 0 Å². The number of nitrogens with zero attached hydrogens (tertiary/aromatic N) is 2. The summed E-state index contributed by atoms with van der Waals surface area (Å²) < 4.78 is 13.0. The quantitative estimate of drug-likeness (QED) is 0.898. The minimum atomic E-state index is -0.509. The van der Waals surface area contributed by atoms with E-state index >= 15 is 0 Å². The summed E-state index contributed by atoms with van der Waals surface area (Å²) in [5.74, 6) is -0.344. The van der Waals surface area contributed by atoms with Gasteiger partial charge in [0, 0.05) is 43.1 Å². The minimum Gasteiger partial charge on any atom is -0.326 e.